The van der Waals surface area contributed by atoms with Crippen molar-refractivity contribution in [3.05, 3.63) is 69.9 Å². The average molecular weight is 336 g/mol. The lowest BCUT2D eigenvalue weighted by Gasteiger charge is -2.07. The van der Waals surface area contributed by atoms with Gasteiger partial charge >= 0.3 is 0 Å². The Hall–Kier alpha value is -1.38. The van der Waals surface area contributed by atoms with Gasteiger partial charge in [0.2, 0.25) is 0 Å². The highest BCUT2D eigenvalue weighted by molar-refractivity contribution is 9.10. The molecule has 0 aliphatic heterocycles. The van der Waals surface area contributed by atoms with E-state index in [9.17, 15) is 4.39 Å². The molecule has 0 unspecified atom stereocenters. The van der Waals surface area contributed by atoms with E-state index in [1.165, 1.54) is 6.07 Å². The summed E-state index contributed by atoms with van der Waals surface area (Å²) in [4.78, 5) is 0. The molecular formula is C16H9BrClF. The first kappa shape index (κ1) is 12.6. The first-order valence-corrected chi connectivity index (χ1v) is 6.96. The van der Waals surface area contributed by atoms with Gasteiger partial charge in [0.05, 0.1) is 5.02 Å². The van der Waals surface area contributed by atoms with E-state index in [2.05, 4.69) is 15.9 Å². The average Bonchev–Trinajstić information content (AvgIpc) is 2.38. The minimum atomic E-state index is -0.302. The first-order chi connectivity index (χ1) is 9.15. The van der Waals surface area contributed by atoms with Gasteiger partial charge in [0.25, 0.3) is 0 Å². The van der Waals surface area contributed by atoms with Crippen LogP contribution in [0, 0.1) is 5.82 Å². The second kappa shape index (κ2) is 4.95. The third kappa shape index (κ3) is 2.38. The SMILES string of the molecule is Fc1cccc(Cl)c1-c1ccc2cc(Br)ccc2c1. The Kier molecular flexibility index (Phi) is 3.29. The van der Waals surface area contributed by atoms with Gasteiger partial charge in [-0.05, 0) is 46.7 Å². The highest BCUT2D eigenvalue weighted by atomic mass is 79.9. The van der Waals surface area contributed by atoms with Crippen molar-refractivity contribution in [1.82, 2.24) is 0 Å². The summed E-state index contributed by atoms with van der Waals surface area (Å²) in [6.07, 6.45) is 0. The van der Waals surface area contributed by atoms with E-state index in [4.69, 9.17) is 11.6 Å². The summed E-state index contributed by atoms with van der Waals surface area (Å²) in [6, 6.07) is 16.5. The van der Waals surface area contributed by atoms with Crippen molar-refractivity contribution >= 4 is 38.3 Å². The largest absolute Gasteiger partial charge is 0.206 e. The van der Waals surface area contributed by atoms with Crippen molar-refractivity contribution in [3.8, 4) is 11.1 Å². The molecule has 0 aliphatic rings. The Bertz CT molecular complexity index is 748. The Morgan fingerprint density at radius 3 is 2.42 bits per heavy atom. The summed E-state index contributed by atoms with van der Waals surface area (Å²) in [6.45, 7) is 0. The van der Waals surface area contributed by atoms with E-state index in [1.54, 1.807) is 12.1 Å². The Labute approximate surface area is 124 Å². The summed E-state index contributed by atoms with van der Waals surface area (Å²) in [5.74, 6) is -0.302. The van der Waals surface area contributed by atoms with Gasteiger partial charge in [0.15, 0.2) is 0 Å². The smallest absolute Gasteiger partial charge is 0.132 e. The monoisotopic (exact) mass is 334 g/mol. The number of rotatable bonds is 1. The van der Waals surface area contributed by atoms with Crippen molar-refractivity contribution in [2.45, 2.75) is 0 Å². The van der Waals surface area contributed by atoms with E-state index in [-0.39, 0.29) is 5.82 Å². The van der Waals surface area contributed by atoms with Gasteiger partial charge in [0.1, 0.15) is 5.82 Å². The third-order valence-corrected chi connectivity index (χ3v) is 3.86. The van der Waals surface area contributed by atoms with Crippen molar-refractivity contribution in [2.24, 2.45) is 0 Å². The Morgan fingerprint density at radius 1 is 0.895 bits per heavy atom. The molecule has 0 aromatic heterocycles. The molecule has 0 radical (unpaired) electrons. The highest BCUT2D eigenvalue weighted by Gasteiger charge is 2.09. The van der Waals surface area contributed by atoms with Crippen LogP contribution in [-0.2, 0) is 0 Å². The molecule has 3 heteroatoms. The highest BCUT2D eigenvalue weighted by Crippen LogP contribution is 2.32. The number of benzene rings is 3. The fraction of sp³-hybridized carbons (Fsp3) is 0. The van der Waals surface area contributed by atoms with Crippen molar-refractivity contribution in [2.75, 3.05) is 0 Å². The van der Waals surface area contributed by atoms with Gasteiger partial charge in [-0.2, -0.15) is 0 Å². The fourth-order valence-corrected chi connectivity index (χ4v) is 2.80. The molecule has 94 valence electrons. The van der Waals surface area contributed by atoms with Crippen LogP contribution in [0.25, 0.3) is 21.9 Å². The molecule has 0 nitrogen and oxygen atoms in total. The van der Waals surface area contributed by atoms with Crippen molar-refractivity contribution in [3.63, 3.8) is 0 Å². The first-order valence-electron chi connectivity index (χ1n) is 5.79. The van der Waals surface area contributed by atoms with E-state index in [1.807, 2.05) is 36.4 Å². The van der Waals surface area contributed by atoms with Gasteiger partial charge < -0.3 is 0 Å². The van der Waals surface area contributed by atoms with Gasteiger partial charge in [0, 0.05) is 10.0 Å². The van der Waals surface area contributed by atoms with E-state index < -0.39 is 0 Å². The molecule has 0 heterocycles. The quantitative estimate of drug-likeness (QED) is 0.507. The van der Waals surface area contributed by atoms with Crippen molar-refractivity contribution in [1.29, 1.82) is 0 Å². The molecule has 0 spiro atoms. The minimum absolute atomic E-state index is 0.302. The van der Waals surface area contributed by atoms with Gasteiger partial charge in [-0.1, -0.05) is 51.8 Å². The van der Waals surface area contributed by atoms with Crippen LogP contribution in [0.1, 0.15) is 0 Å². The molecule has 0 saturated carbocycles. The molecule has 0 bridgehead atoms. The van der Waals surface area contributed by atoms with E-state index in [0.29, 0.717) is 10.6 Å². The maximum Gasteiger partial charge on any atom is 0.132 e. The number of fused-ring (bicyclic) bond motifs is 1. The van der Waals surface area contributed by atoms with Crippen molar-refractivity contribution < 1.29 is 4.39 Å². The number of hydrogen-bond donors (Lipinski definition) is 0. The molecule has 3 rings (SSSR count). The summed E-state index contributed by atoms with van der Waals surface area (Å²) >= 11 is 9.53. The molecule has 3 aromatic carbocycles. The van der Waals surface area contributed by atoms with Crippen LogP contribution in [0.5, 0.6) is 0 Å². The maximum atomic E-state index is 13.9. The van der Waals surface area contributed by atoms with E-state index >= 15 is 0 Å². The molecule has 0 aliphatic carbocycles. The lowest BCUT2D eigenvalue weighted by molar-refractivity contribution is 0.631. The molecule has 0 N–H and O–H groups in total. The summed E-state index contributed by atoms with van der Waals surface area (Å²) in [7, 11) is 0. The lowest BCUT2D eigenvalue weighted by Crippen LogP contribution is -1.86. The number of halogens is 3. The van der Waals surface area contributed by atoms with Gasteiger partial charge in [-0.25, -0.2) is 4.39 Å². The zero-order valence-corrected chi connectivity index (χ0v) is 12.2. The van der Waals surface area contributed by atoms with Crippen LogP contribution in [0.3, 0.4) is 0 Å². The van der Waals surface area contributed by atoms with Gasteiger partial charge in [-0.15, -0.1) is 0 Å². The standard InChI is InChI=1S/C16H9BrClF/c17-13-7-6-10-8-12(5-4-11(10)9-13)16-14(18)2-1-3-15(16)19/h1-9H. The lowest BCUT2D eigenvalue weighted by atomic mass is 10.0. The fourth-order valence-electron chi connectivity index (χ4n) is 2.15. The predicted molar refractivity (Wildman–Crippen MR) is 82.1 cm³/mol. The molecule has 3 aromatic rings. The normalized spacial score (nSPS) is 10.9. The minimum Gasteiger partial charge on any atom is -0.206 e. The number of hydrogen-bond acceptors (Lipinski definition) is 0. The second-order valence-electron chi connectivity index (χ2n) is 4.30. The topological polar surface area (TPSA) is 0 Å². The summed E-state index contributed by atoms with van der Waals surface area (Å²) in [5, 5.41) is 2.59. The predicted octanol–water partition coefficient (Wildman–Crippen LogP) is 6.06. The molecule has 0 fully saturated rings. The zero-order valence-electron chi connectivity index (χ0n) is 9.83. The summed E-state index contributed by atoms with van der Waals surface area (Å²) < 4.78 is 14.9. The van der Waals surface area contributed by atoms with Crippen LogP contribution < -0.4 is 0 Å². The molecule has 0 atom stereocenters. The Balaban J connectivity index is 2.24. The summed E-state index contributed by atoms with van der Waals surface area (Å²) in [5.41, 5.74) is 1.24. The van der Waals surface area contributed by atoms with E-state index in [0.717, 1.165) is 20.8 Å². The Morgan fingerprint density at radius 2 is 1.63 bits per heavy atom. The van der Waals surface area contributed by atoms with Gasteiger partial charge in [-0.3, -0.25) is 0 Å². The third-order valence-electron chi connectivity index (χ3n) is 3.05. The van der Waals surface area contributed by atoms with Crippen LogP contribution in [-0.4, -0.2) is 0 Å². The molecule has 19 heavy (non-hydrogen) atoms. The van der Waals surface area contributed by atoms with Crippen LogP contribution >= 0.6 is 27.5 Å². The zero-order chi connectivity index (χ0) is 13.4. The van der Waals surface area contributed by atoms with Crippen LogP contribution in [0.2, 0.25) is 5.02 Å². The van der Waals surface area contributed by atoms with Crippen LogP contribution in [0.4, 0.5) is 4.39 Å². The maximum absolute atomic E-state index is 13.9. The van der Waals surface area contributed by atoms with Crippen LogP contribution in [0.15, 0.2) is 59.1 Å². The molecule has 0 amide bonds. The second-order valence-corrected chi connectivity index (χ2v) is 5.63. The molecule has 0 saturated heterocycles. The molecular weight excluding hydrogens is 327 g/mol.